The Hall–Kier alpha value is -2.15. The lowest BCUT2D eigenvalue weighted by molar-refractivity contribution is -0.142. The van der Waals surface area contributed by atoms with E-state index >= 15 is 0 Å². The predicted molar refractivity (Wildman–Crippen MR) is 77.1 cm³/mol. The fourth-order valence-electron chi connectivity index (χ4n) is 2.43. The molecule has 1 heterocycles. The molecule has 0 aromatic heterocycles. The van der Waals surface area contributed by atoms with E-state index in [1.807, 2.05) is 0 Å². The lowest BCUT2D eigenvalue weighted by atomic mass is 10.2. The number of hydrogen-bond donors (Lipinski definition) is 2. The van der Waals surface area contributed by atoms with Crippen LogP contribution in [0.2, 0.25) is 0 Å². The average molecular weight is 310 g/mol. The number of halogens is 1. The lowest BCUT2D eigenvalue weighted by Gasteiger charge is -2.20. The van der Waals surface area contributed by atoms with E-state index in [4.69, 9.17) is 9.84 Å². The average Bonchev–Trinajstić information content (AvgIpc) is 2.94. The Labute approximate surface area is 127 Å². The molecule has 120 valence electrons. The van der Waals surface area contributed by atoms with E-state index in [-0.39, 0.29) is 24.9 Å². The summed E-state index contributed by atoms with van der Waals surface area (Å²) in [4.78, 5) is 24.5. The molecule has 1 aliphatic heterocycles. The molecule has 1 fully saturated rings. The summed E-state index contributed by atoms with van der Waals surface area (Å²) in [5.41, 5.74) is 0. The number of amides is 1. The van der Waals surface area contributed by atoms with Gasteiger partial charge in [0.2, 0.25) is 5.91 Å². The second-order valence-corrected chi connectivity index (χ2v) is 5.12. The van der Waals surface area contributed by atoms with Crippen molar-refractivity contribution in [1.82, 2.24) is 10.2 Å². The summed E-state index contributed by atoms with van der Waals surface area (Å²) in [6, 6.07) is 5.06. The molecule has 22 heavy (non-hydrogen) atoms. The number of ether oxygens (including phenoxy) is 1. The minimum absolute atomic E-state index is 0.0769. The van der Waals surface area contributed by atoms with Crippen molar-refractivity contribution in [2.45, 2.75) is 18.9 Å². The molecule has 0 spiro atoms. The summed E-state index contributed by atoms with van der Waals surface area (Å²) >= 11 is 0. The van der Waals surface area contributed by atoms with Crippen LogP contribution in [-0.2, 0) is 9.59 Å². The Morgan fingerprint density at radius 1 is 1.36 bits per heavy atom. The van der Waals surface area contributed by atoms with Gasteiger partial charge in [-0.25, -0.2) is 4.39 Å². The van der Waals surface area contributed by atoms with E-state index < -0.39 is 12.0 Å². The summed E-state index contributed by atoms with van der Waals surface area (Å²) in [7, 11) is 0. The van der Waals surface area contributed by atoms with Gasteiger partial charge in [-0.15, -0.1) is 0 Å². The highest BCUT2D eigenvalue weighted by Gasteiger charge is 2.31. The van der Waals surface area contributed by atoms with Crippen LogP contribution < -0.4 is 10.1 Å². The van der Waals surface area contributed by atoms with Gasteiger partial charge in [-0.1, -0.05) is 0 Å². The minimum atomic E-state index is -0.884. The molecule has 0 bridgehead atoms. The first-order chi connectivity index (χ1) is 10.6. The van der Waals surface area contributed by atoms with Gasteiger partial charge in [0.1, 0.15) is 24.2 Å². The quantitative estimate of drug-likeness (QED) is 0.731. The van der Waals surface area contributed by atoms with Crippen LogP contribution in [0.25, 0.3) is 0 Å². The number of carboxylic acid groups (broad SMARTS) is 1. The van der Waals surface area contributed by atoms with Crippen molar-refractivity contribution in [2.24, 2.45) is 0 Å². The summed E-state index contributed by atoms with van der Waals surface area (Å²) in [6.07, 6.45) is 1.37. The van der Waals surface area contributed by atoms with Crippen molar-refractivity contribution in [3.05, 3.63) is 30.1 Å². The highest BCUT2D eigenvalue weighted by molar-refractivity contribution is 5.80. The van der Waals surface area contributed by atoms with Crippen LogP contribution >= 0.6 is 0 Å². The predicted octanol–water partition coefficient (Wildman–Crippen LogP) is 0.870. The maximum atomic E-state index is 12.7. The molecule has 0 unspecified atom stereocenters. The molecule has 7 heteroatoms. The molecule has 2 rings (SSSR count). The number of rotatable bonds is 7. The molecule has 0 aliphatic carbocycles. The zero-order chi connectivity index (χ0) is 15.9. The zero-order valence-corrected chi connectivity index (χ0v) is 12.1. The number of benzene rings is 1. The number of carbonyl (C=O) groups excluding carboxylic acids is 1. The number of carboxylic acids is 1. The van der Waals surface area contributed by atoms with Crippen LogP contribution in [0.5, 0.6) is 5.75 Å². The largest absolute Gasteiger partial charge is 0.492 e. The van der Waals surface area contributed by atoms with Crippen molar-refractivity contribution in [2.75, 3.05) is 26.2 Å². The fourth-order valence-corrected chi connectivity index (χ4v) is 2.43. The van der Waals surface area contributed by atoms with Crippen molar-refractivity contribution < 1.29 is 23.8 Å². The van der Waals surface area contributed by atoms with E-state index in [1.165, 1.54) is 24.3 Å². The van der Waals surface area contributed by atoms with Gasteiger partial charge < -0.3 is 15.2 Å². The van der Waals surface area contributed by atoms with Crippen molar-refractivity contribution in [3.8, 4) is 5.75 Å². The van der Waals surface area contributed by atoms with Crippen LogP contribution in [0.1, 0.15) is 12.8 Å². The molecular weight excluding hydrogens is 291 g/mol. The number of nitrogens with zero attached hydrogens (tertiary/aromatic N) is 1. The van der Waals surface area contributed by atoms with Gasteiger partial charge in [-0.05, 0) is 43.7 Å². The van der Waals surface area contributed by atoms with Gasteiger partial charge in [0, 0.05) is 0 Å². The number of hydrogen-bond acceptors (Lipinski definition) is 4. The van der Waals surface area contributed by atoms with E-state index in [0.29, 0.717) is 25.3 Å². The first-order valence-corrected chi connectivity index (χ1v) is 7.18. The van der Waals surface area contributed by atoms with Gasteiger partial charge >= 0.3 is 5.97 Å². The van der Waals surface area contributed by atoms with Gasteiger partial charge in [0.05, 0.1) is 13.1 Å². The van der Waals surface area contributed by atoms with Crippen LogP contribution in [0.15, 0.2) is 24.3 Å². The molecule has 1 amide bonds. The fraction of sp³-hybridized carbons (Fsp3) is 0.467. The Balaban J connectivity index is 1.65. The molecule has 1 atom stereocenters. The van der Waals surface area contributed by atoms with Gasteiger partial charge in [0.15, 0.2) is 0 Å². The molecule has 0 radical (unpaired) electrons. The topological polar surface area (TPSA) is 78.9 Å². The van der Waals surface area contributed by atoms with E-state index in [9.17, 15) is 14.0 Å². The molecular formula is C15H19FN2O4. The number of aliphatic carboxylic acids is 1. The third-order valence-corrected chi connectivity index (χ3v) is 3.50. The standard InChI is InChI=1S/C15H19FN2O4/c16-11-3-5-12(6-4-11)22-9-7-17-14(19)10-18-8-1-2-13(18)15(20)21/h3-6,13H,1-2,7-10H2,(H,17,19)(H,20,21)/t13-/m0/s1. The Kier molecular flexibility index (Phi) is 5.71. The van der Waals surface area contributed by atoms with Crippen LogP contribution in [0, 0.1) is 5.82 Å². The maximum absolute atomic E-state index is 12.7. The molecule has 1 aromatic carbocycles. The Morgan fingerprint density at radius 3 is 2.77 bits per heavy atom. The summed E-state index contributed by atoms with van der Waals surface area (Å²) in [6.45, 7) is 1.27. The first-order valence-electron chi connectivity index (χ1n) is 7.18. The van der Waals surface area contributed by atoms with Gasteiger partial charge in [-0.2, -0.15) is 0 Å². The SMILES string of the molecule is O=C(CN1CCC[C@H]1C(=O)O)NCCOc1ccc(F)cc1. The van der Waals surface area contributed by atoms with Crippen LogP contribution in [0.4, 0.5) is 4.39 Å². The second-order valence-electron chi connectivity index (χ2n) is 5.12. The smallest absolute Gasteiger partial charge is 0.320 e. The normalized spacial score (nSPS) is 18.1. The van der Waals surface area contributed by atoms with E-state index in [2.05, 4.69) is 5.32 Å². The van der Waals surface area contributed by atoms with Crippen LogP contribution in [-0.4, -0.2) is 54.2 Å². The highest BCUT2D eigenvalue weighted by Crippen LogP contribution is 2.16. The number of likely N-dealkylation sites (tertiary alicyclic amines) is 1. The molecule has 1 aromatic rings. The molecule has 6 nitrogen and oxygen atoms in total. The van der Waals surface area contributed by atoms with Gasteiger partial charge in [0.25, 0.3) is 0 Å². The van der Waals surface area contributed by atoms with Crippen LogP contribution in [0.3, 0.4) is 0 Å². The molecule has 2 N–H and O–H groups in total. The third kappa shape index (κ3) is 4.70. The van der Waals surface area contributed by atoms with E-state index in [1.54, 1.807) is 4.90 Å². The maximum Gasteiger partial charge on any atom is 0.320 e. The lowest BCUT2D eigenvalue weighted by Crippen LogP contribution is -2.43. The monoisotopic (exact) mass is 310 g/mol. The molecule has 1 saturated heterocycles. The zero-order valence-electron chi connectivity index (χ0n) is 12.1. The Bertz CT molecular complexity index is 521. The van der Waals surface area contributed by atoms with Crippen molar-refractivity contribution in [3.63, 3.8) is 0 Å². The summed E-state index contributed by atoms with van der Waals surface area (Å²) in [5.74, 6) is -0.916. The van der Waals surface area contributed by atoms with Crippen molar-refractivity contribution >= 4 is 11.9 Å². The first kappa shape index (κ1) is 16.2. The molecule has 0 saturated carbocycles. The Morgan fingerprint density at radius 2 is 2.09 bits per heavy atom. The van der Waals surface area contributed by atoms with Gasteiger partial charge in [-0.3, -0.25) is 14.5 Å². The number of carbonyl (C=O) groups is 2. The molecule has 1 aliphatic rings. The van der Waals surface area contributed by atoms with Crippen molar-refractivity contribution in [1.29, 1.82) is 0 Å². The highest BCUT2D eigenvalue weighted by atomic mass is 19.1. The van der Waals surface area contributed by atoms with E-state index in [0.717, 1.165) is 6.42 Å². The third-order valence-electron chi connectivity index (χ3n) is 3.50. The summed E-state index contributed by atoms with van der Waals surface area (Å²) in [5, 5.41) is 11.7. The number of nitrogens with one attached hydrogen (secondary N) is 1. The summed E-state index contributed by atoms with van der Waals surface area (Å²) < 4.78 is 18.1. The second kappa shape index (κ2) is 7.74. The minimum Gasteiger partial charge on any atom is -0.492 e.